The Kier molecular flexibility index (Phi) is 4.04. The minimum Gasteiger partial charge on any atom is -0.352 e. The third-order valence-corrected chi connectivity index (χ3v) is 5.42. The second-order valence-corrected chi connectivity index (χ2v) is 7.38. The lowest BCUT2D eigenvalue weighted by atomic mass is 10.0. The fraction of sp³-hybridized carbons (Fsp3) is 0.579. The molecule has 2 amide bonds. The van der Waals surface area contributed by atoms with Gasteiger partial charge < -0.3 is 10.2 Å². The van der Waals surface area contributed by atoms with E-state index in [-0.39, 0.29) is 11.8 Å². The van der Waals surface area contributed by atoms with Gasteiger partial charge in [0.2, 0.25) is 11.8 Å². The number of benzene rings is 1. The largest absolute Gasteiger partial charge is 0.352 e. The Morgan fingerprint density at radius 2 is 1.71 bits per heavy atom. The van der Waals surface area contributed by atoms with E-state index in [1.807, 2.05) is 11.0 Å². The molecule has 4 rings (SSSR count). The van der Waals surface area contributed by atoms with Crippen LogP contribution in [0.4, 0.5) is 0 Å². The monoisotopic (exact) mass is 327 g/mol. The molecule has 1 aromatic carbocycles. The molecule has 0 aromatic heterocycles. The fourth-order valence-corrected chi connectivity index (χ4v) is 3.47. The minimum atomic E-state index is -0.732. The van der Waals surface area contributed by atoms with E-state index in [9.17, 15) is 9.59 Å². The molecule has 24 heavy (non-hydrogen) atoms. The zero-order valence-corrected chi connectivity index (χ0v) is 14.0. The molecular formula is C19H25N3O2. The van der Waals surface area contributed by atoms with Crippen LogP contribution in [0, 0.1) is 5.41 Å². The molecule has 1 saturated heterocycles. The van der Waals surface area contributed by atoms with Crippen LogP contribution in [0.5, 0.6) is 0 Å². The van der Waals surface area contributed by atoms with Crippen LogP contribution in [0.25, 0.3) is 0 Å². The van der Waals surface area contributed by atoms with Gasteiger partial charge in [-0.25, -0.2) is 0 Å². The summed E-state index contributed by atoms with van der Waals surface area (Å²) in [5.74, 6) is 0.0294. The van der Waals surface area contributed by atoms with Crippen LogP contribution in [0.3, 0.4) is 0 Å². The molecule has 0 unspecified atom stereocenters. The average Bonchev–Trinajstić information content (AvgIpc) is 3.51. The van der Waals surface area contributed by atoms with Gasteiger partial charge in [0.25, 0.3) is 0 Å². The normalized spacial score (nSPS) is 22.9. The first-order valence-corrected chi connectivity index (χ1v) is 9.04. The molecule has 5 heteroatoms. The molecule has 128 valence electrons. The van der Waals surface area contributed by atoms with E-state index < -0.39 is 5.41 Å². The van der Waals surface area contributed by atoms with Crippen molar-refractivity contribution in [3.05, 3.63) is 35.9 Å². The Morgan fingerprint density at radius 3 is 2.29 bits per heavy atom. The van der Waals surface area contributed by atoms with Crippen molar-refractivity contribution in [2.24, 2.45) is 5.41 Å². The first-order valence-electron chi connectivity index (χ1n) is 9.04. The third-order valence-electron chi connectivity index (χ3n) is 5.42. The van der Waals surface area contributed by atoms with Crippen LogP contribution < -0.4 is 5.32 Å². The van der Waals surface area contributed by atoms with E-state index in [1.165, 1.54) is 5.56 Å². The fourth-order valence-electron chi connectivity index (χ4n) is 3.47. The zero-order chi connectivity index (χ0) is 16.6. The molecular weight excluding hydrogens is 302 g/mol. The summed E-state index contributed by atoms with van der Waals surface area (Å²) in [5, 5.41) is 3.02. The summed E-state index contributed by atoms with van der Waals surface area (Å²) in [4.78, 5) is 29.5. The summed E-state index contributed by atoms with van der Waals surface area (Å²) >= 11 is 0. The number of carbonyl (C=O) groups excluding carboxylic acids is 2. The SMILES string of the molecule is O=C(NC1CC1)C1(C(=O)N2CCN(Cc3ccccc3)CC2)CC1. The molecule has 1 aromatic rings. The minimum absolute atomic E-state index is 0.0262. The van der Waals surface area contributed by atoms with E-state index >= 15 is 0 Å². The molecule has 5 nitrogen and oxygen atoms in total. The van der Waals surface area contributed by atoms with Gasteiger partial charge in [0.1, 0.15) is 5.41 Å². The number of nitrogens with zero attached hydrogens (tertiary/aromatic N) is 2. The number of hydrogen-bond acceptors (Lipinski definition) is 3. The highest BCUT2D eigenvalue weighted by Crippen LogP contribution is 2.48. The maximum atomic E-state index is 12.8. The summed E-state index contributed by atoms with van der Waals surface area (Å²) in [7, 11) is 0. The lowest BCUT2D eigenvalue weighted by molar-refractivity contribution is -0.145. The van der Waals surface area contributed by atoms with Crippen LogP contribution in [-0.4, -0.2) is 53.8 Å². The lowest BCUT2D eigenvalue weighted by Gasteiger charge is -2.36. The van der Waals surface area contributed by atoms with Crippen molar-refractivity contribution in [1.29, 1.82) is 0 Å². The molecule has 3 fully saturated rings. The number of nitrogens with one attached hydrogen (secondary N) is 1. The molecule has 1 heterocycles. The van der Waals surface area contributed by atoms with Crippen molar-refractivity contribution in [2.45, 2.75) is 38.3 Å². The molecule has 2 saturated carbocycles. The zero-order valence-electron chi connectivity index (χ0n) is 14.0. The van der Waals surface area contributed by atoms with Crippen molar-refractivity contribution in [2.75, 3.05) is 26.2 Å². The highest BCUT2D eigenvalue weighted by Gasteiger charge is 2.58. The van der Waals surface area contributed by atoms with Crippen molar-refractivity contribution in [1.82, 2.24) is 15.1 Å². The summed E-state index contributed by atoms with van der Waals surface area (Å²) < 4.78 is 0. The van der Waals surface area contributed by atoms with E-state index in [0.29, 0.717) is 18.9 Å². The Balaban J connectivity index is 1.30. The third kappa shape index (κ3) is 3.18. The standard InChI is InChI=1S/C19H25N3O2/c23-17(20-16-6-7-16)19(8-9-19)18(24)22-12-10-21(11-13-22)14-15-4-2-1-3-5-15/h1-5,16H,6-14H2,(H,20,23). The molecule has 3 aliphatic rings. The van der Waals surface area contributed by atoms with Crippen LogP contribution in [-0.2, 0) is 16.1 Å². The first-order chi connectivity index (χ1) is 11.7. The van der Waals surface area contributed by atoms with Crippen LogP contribution in [0.1, 0.15) is 31.2 Å². The molecule has 0 spiro atoms. The Hall–Kier alpha value is -1.88. The number of carbonyl (C=O) groups is 2. The van der Waals surface area contributed by atoms with E-state index in [2.05, 4.69) is 34.5 Å². The molecule has 1 aliphatic heterocycles. The Morgan fingerprint density at radius 1 is 1.04 bits per heavy atom. The van der Waals surface area contributed by atoms with E-state index in [0.717, 1.165) is 45.6 Å². The van der Waals surface area contributed by atoms with Crippen molar-refractivity contribution in [3.8, 4) is 0 Å². The van der Waals surface area contributed by atoms with E-state index in [4.69, 9.17) is 0 Å². The van der Waals surface area contributed by atoms with E-state index in [1.54, 1.807) is 0 Å². The van der Waals surface area contributed by atoms with Crippen molar-refractivity contribution < 1.29 is 9.59 Å². The Labute approximate surface area is 143 Å². The second kappa shape index (κ2) is 6.20. The lowest BCUT2D eigenvalue weighted by Crippen LogP contribution is -2.53. The van der Waals surface area contributed by atoms with Gasteiger partial charge >= 0.3 is 0 Å². The van der Waals surface area contributed by atoms with Crippen LogP contribution in [0.2, 0.25) is 0 Å². The number of amides is 2. The highest BCUT2D eigenvalue weighted by atomic mass is 16.2. The molecule has 0 radical (unpaired) electrons. The van der Waals surface area contributed by atoms with Crippen LogP contribution in [0.15, 0.2) is 30.3 Å². The summed E-state index contributed by atoms with van der Waals surface area (Å²) in [6, 6.07) is 10.7. The number of hydrogen-bond donors (Lipinski definition) is 1. The van der Waals surface area contributed by atoms with Crippen molar-refractivity contribution in [3.63, 3.8) is 0 Å². The van der Waals surface area contributed by atoms with Gasteiger partial charge in [-0.05, 0) is 31.2 Å². The van der Waals surface area contributed by atoms with Gasteiger partial charge in [-0.15, -0.1) is 0 Å². The number of rotatable bonds is 5. The predicted molar refractivity (Wildman–Crippen MR) is 91.1 cm³/mol. The van der Waals surface area contributed by atoms with Gasteiger partial charge in [0.15, 0.2) is 0 Å². The summed E-state index contributed by atoms with van der Waals surface area (Å²) in [6.07, 6.45) is 3.56. The van der Waals surface area contributed by atoms with Gasteiger partial charge in [0.05, 0.1) is 0 Å². The van der Waals surface area contributed by atoms with Gasteiger partial charge in [0, 0.05) is 38.8 Å². The Bertz CT molecular complexity index is 615. The highest BCUT2D eigenvalue weighted by molar-refractivity contribution is 6.08. The molecule has 0 atom stereocenters. The average molecular weight is 327 g/mol. The summed E-state index contributed by atoms with van der Waals surface area (Å²) in [5.41, 5.74) is 0.573. The molecule has 2 aliphatic carbocycles. The smallest absolute Gasteiger partial charge is 0.238 e. The quantitative estimate of drug-likeness (QED) is 0.832. The second-order valence-electron chi connectivity index (χ2n) is 7.38. The van der Waals surface area contributed by atoms with Crippen molar-refractivity contribution >= 4 is 11.8 Å². The first kappa shape index (κ1) is 15.6. The van der Waals surface area contributed by atoms with Gasteiger partial charge in [-0.3, -0.25) is 14.5 Å². The maximum absolute atomic E-state index is 12.8. The molecule has 0 bridgehead atoms. The maximum Gasteiger partial charge on any atom is 0.238 e. The molecule has 1 N–H and O–H groups in total. The number of piperazine rings is 1. The summed E-state index contributed by atoms with van der Waals surface area (Å²) in [6.45, 7) is 4.13. The van der Waals surface area contributed by atoms with Crippen LogP contribution >= 0.6 is 0 Å². The predicted octanol–water partition coefficient (Wildman–Crippen LogP) is 1.39. The van der Waals surface area contributed by atoms with Gasteiger partial charge in [-0.1, -0.05) is 30.3 Å². The van der Waals surface area contributed by atoms with Gasteiger partial charge in [-0.2, -0.15) is 0 Å². The topological polar surface area (TPSA) is 52.7 Å².